The van der Waals surface area contributed by atoms with Crippen LogP contribution >= 0.6 is 15.9 Å². The summed E-state index contributed by atoms with van der Waals surface area (Å²) in [6, 6.07) is 15.1. The molecule has 0 saturated carbocycles. The summed E-state index contributed by atoms with van der Waals surface area (Å²) < 4.78 is 0. The van der Waals surface area contributed by atoms with Gasteiger partial charge in [-0.1, -0.05) is 66.5 Å². The lowest BCUT2D eigenvalue weighted by Gasteiger charge is -2.20. The summed E-state index contributed by atoms with van der Waals surface area (Å²) in [5.74, 6) is 0.539. The smallest absolute Gasteiger partial charge is 0.303 e. The molecule has 0 aliphatic carbocycles. The van der Waals surface area contributed by atoms with E-state index in [1.165, 1.54) is 24.0 Å². The number of alkyl halides is 1. The Morgan fingerprint density at radius 3 is 2.26 bits per heavy atom. The maximum atomic E-state index is 9.95. The standard InChI is InChI=1S/C17H21N.C6H11BrO2/c1-3-15(17-7-5-4-6-8-17)13-14(2)16-9-11-18-12-10-16;7-5-3-1-2-4-6(8)9/h4-12,14-15H,3,13H2,1-2H3;1-5H2,(H,8,9). The first-order chi connectivity index (χ1) is 13.1. The molecule has 2 unspecified atom stereocenters. The predicted octanol–water partition coefficient (Wildman–Crippen LogP) is 6.80. The molecule has 1 heterocycles. The van der Waals surface area contributed by atoms with Crippen molar-refractivity contribution in [3.63, 3.8) is 0 Å². The molecule has 1 aromatic heterocycles. The molecule has 0 amide bonds. The Morgan fingerprint density at radius 1 is 1.04 bits per heavy atom. The molecular formula is C23H32BrNO2. The van der Waals surface area contributed by atoms with Gasteiger partial charge in [0.2, 0.25) is 0 Å². The minimum absolute atomic E-state index is 0.312. The summed E-state index contributed by atoms with van der Waals surface area (Å²) >= 11 is 3.27. The van der Waals surface area contributed by atoms with Crippen molar-refractivity contribution in [2.45, 2.75) is 64.2 Å². The molecule has 1 aromatic carbocycles. The Labute approximate surface area is 172 Å². The lowest BCUT2D eigenvalue weighted by Crippen LogP contribution is -2.03. The van der Waals surface area contributed by atoms with Crippen molar-refractivity contribution in [3.8, 4) is 0 Å². The average molecular weight is 434 g/mol. The maximum absolute atomic E-state index is 9.95. The van der Waals surface area contributed by atoms with Crippen molar-refractivity contribution in [2.24, 2.45) is 0 Å². The number of rotatable bonds is 10. The number of carboxylic acids is 1. The molecule has 2 atom stereocenters. The quantitative estimate of drug-likeness (QED) is 0.331. The van der Waals surface area contributed by atoms with Crippen molar-refractivity contribution < 1.29 is 9.90 Å². The minimum Gasteiger partial charge on any atom is -0.481 e. The van der Waals surface area contributed by atoms with Crippen molar-refractivity contribution in [2.75, 3.05) is 5.33 Å². The second-order valence-corrected chi connectivity index (χ2v) is 7.62. The largest absolute Gasteiger partial charge is 0.481 e. The summed E-state index contributed by atoms with van der Waals surface area (Å²) in [5, 5.41) is 9.18. The fourth-order valence-electron chi connectivity index (χ4n) is 3.07. The second-order valence-electron chi connectivity index (χ2n) is 6.83. The van der Waals surface area contributed by atoms with Crippen molar-refractivity contribution in [1.29, 1.82) is 0 Å². The number of aliphatic carboxylic acids is 1. The number of hydrogen-bond acceptors (Lipinski definition) is 2. The predicted molar refractivity (Wildman–Crippen MR) is 117 cm³/mol. The fraction of sp³-hybridized carbons (Fsp3) is 0.478. The van der Waals surface area contributed by atoms with E-state index in [0.717, 1.165) is 24.6 Å². The van der Waals surface area contributed by atoms with Crippen LogP contribution in [0.3, 0.4) is 0 Å². The molecule has 4 heteroatoms. The van der Waals surface area contributed by atoms with Gasteiger partial charge in [-0.15, -0.1) is 0 Å². The van der Waals surface area contributed by atoms with E-state index in [0.29, 0.717) is 18.3 Å². The topological polar surface area (TPSA) is 50.2 Å². The number of pyridine rings is 1. The van der Waals surface area contributed by atoms with E-state index in [2.05, 4.69) is 77.2 Å². The molecule has 0 spiro atoms. The third-order valence-corrected chi connectivity index (χ3v) is 5.26. The molecule has 0 aliphatic rings. The molecule has 2 rings (SSSR count). The molecule has 2 aromatic rings. The number of carbonyl (C=O) groups is 1. The van der Waals surface area contributed by atoms with Gasteiger partial charge in [-0.3, -0.25) is 9.78 Å². The zero-order chi connectivity index (χ0) is 19.9. The summed E-state index contributed by atoms with van der Waals surface area (Å²) in [7, 11) is 0. The monoisotopic (exact) mass is 433 g/mol. The SMILES string of the molecule is CCC(CC(C)c1ccncc1)c1ccccc1.O=C(O)CCCCCBr. The summed E-state index contributed by atoms with van der Waals surface area (Å²) in [6.07, 6.45) is 9.37. The van der Waals surface area contributed by atoms with Crippen LogP contribution in [0.1, 0.15) is 75.3 Å². The van der Waals surface area contributed by atoms with E-state index >= 15 is 0 Å². The Balaban J connectivity index is 0.000000345. The number of unbranched alkanes of at least 4 members (excludes halogenated alkanes) is 2. The highest BCUT2D eigenvalue weighted by molar-refractivity contribution is 9.09. The fourth-order valence-corrected chi connectivity index (χ4v) is 3.46. The van der Waals surface area contributed by atoms with Gasteiger partial charge in [-0.05, 0) is 60.8 Å². The summed E-state index contributed by atoms with van der Waals surface area (Å²) in [5.41, 5.74) is 2.85. The third kappa shape index (κ3) is 10.3. The molecule has 0 saturated heterocycles. The van der Waals surface area contributed by atoms with Crippen LogP contribution in [0, 0.1) is 0 Å². The van der Waals surface area contributed by atoms with Crippen LogP contribution in [-0.4, -0.2) is 21.4 Å². The highest BCUT2D eigenvalue weighted by Gasteiger charge is 2.14. The zero-order valence-corrected chi connectivity index (χ0v) is 18.1. The Kier molecular flexibility index (Phi) is 12.4. The highest BCUT2D eigenvalue weighted by Crippen LogP contribution is 2.31. The zero-order valence-electron chi connectivity index (χ0n) is 16.5. The lowest BCUT2D eigenvalue weighted by molar-refractivity contribution is -0.137. The van der Waals surface area contributed by atoms with E-state index in [1.807, 2.05) is 12.4 Å². The molecule has 27 heavy (non-hydrogen) atoms. The first kappa shape index (κ1) is 23.4. The average Bonchev–Trinajstić information content (AvgIpc) is 2.71. The van der Waals surface area contributed by atoms with Gasteiger partial charge in [-0.25, -0.2) is 0 Å². The van der Waals surface area contributed by atoms with E-state index in [-0.39, 0.29) is 0 Å². The van der Waals surface area contributed by atoms with Gasteiger partial charge in [0.1, 0.15) is 0 Å². The van der Waals surface area contributed by atoms with Crippen LogP contribution in [0.5, 0.6) is 0 Å². The number of hydrogen-bond donors (Lipinski definition) is 1. The van der Waals surface area contributed by atoms with E-state index < -0.39 is 5.97 Å². The van der Waals surface area contributed by atoms with Crippen LogP contribution in [0.25, 0.3) is 0 Å². The van der Waals surface area contributed by atoms with Crippen molar-refractivity contribution in [3.05, 3.63) is 66.0 Å². The third-order valence-electron chi connectivity index (χ3n) is 4.70. The number of benzene rings is 1. The maximum Gasteiger partial charge on any atom is 0.303 e. The first-order valence-electron chi connectivity index (χ1n) is 9.81. The number of halogens is 1. The number of carboxylic acid groups (broad SMARTS) is 1. The summed E-state index contributed by atoms with van der Waals surface area (Å²) in [4.78, 5) is 14.0. The number of nitrogens with zero attached hydrogens (tertiary/aromatic N) is 1. The van der Waals surface area contributed by atoms with Crippen molar-refractivity contribution >= 4 is 21.9 Å². The van der Waals surface area contributed by atoms with E-state index in [1.54, 1.807) is 0 Å². The van der Waals surface area contributed by atoms with Crippen LogP contribution in [0.2, 0.25) is 0 Å². The Bertz CT molecular complexity index is 619. The number of aromatic nitrogens is 1. The molecule has 1 N–H and O–H groups in total. The molecule has 0 fully saturated rings. The lowest BCUT2D eigenvalue weighted by atomic mass is 9.85. The van der Waals surface area contributed by atoms with Gasteiger partial charge in [-0.2, -0.15) is 0 Å². The summed E-state index contributed by atoms with van der Waals surface area (Å²) in [6.45, 7) is 4.58. The normalized spacial score (nSPS) is 12.6. The van der Waals surface area contributed by atoms with Gasteiger partial charge < -0.3 is 5.11 Å². The molecular weight excluding hydrogens is 402 g/mol. The van der Waals surface area contributed by atoms with Crippen LogP contribution in [-0.2, 0) is 4.79 Å². The van der Waals surface area contributed by atoms with Gasteiger partial charge in [0.05, 0.1) is 0 Å². The second kappa shape index (κ2) is 14.4. The van der Waals surface area contributed by atoms with Gasteiger partial charge in [0.15, 0.2) is 0 Å². The molecule has 0 bridgehead atoms. The molecule has 0 aliphatic heterocycles. The molecule has 0 radical (unpaired) electrons. The van der Waals surface area contributed by atoms with Gasteiger partial charge >= 0.3 is 5.97 Å². The first-order valence-corrected chi connectivity index (χ1v) is 10.9. The van der Waals surface area contributed by atoms with E-state index in [4.69, 9.17) is 5.11 Å². The van der Waals surface area contributed by atoms with Crippen molar-refractivity contribution in [1.82, 2.24) is 4.98 Å². The van der Waals surface area contributed by atoms with E-state index in [9.17, 15) is 4.79 Å². The Morgan fingerprint density at radius 2 is 1.70 bits per heavy atom. The van der Waals surface area contributed by atoms with Crippen LogP contribution < -0.4 is 0 Å². The minimum atomic E-state index is -0.690. The van der Waals surface area contributed by atoms with Gasteiger partial charge in [0, 0.05) is 24.1 Å². The Hall–Kier alpha value is -1.68. The van der Waals surface area contributed by atoms with Crippen LogP contribution in [0.15, 0.2) is 54.9 Å². The molecule has 3 nitrogen and oxygen atoms in total. The molecule has 148 valence electrons. The van der Waals surface area contributed by atoms with Crippen LogP contribution in [0.4, 0.5) is 0 Å². The van der Waals surface area contributed by atoms with Gasteiger partial charge in [0.25, 0.3) is 0 Å². The highest BCUT2D eigenvalue weighted by atomic mass is 79.9.